The van der Waals surface area contributed by atoms with E-state index in [1.165, 1.54) is 0 Å². The fourth-order valence-corrected chi connectivity index (χ4v) is 1.47. The van der Waals surface area contributed by atoms with Gasteiger partial charge in [0.05, 0.1) is 0 Å². The van der Waals surface area contributed by atoms with Gasteiger partial charge in [-0.3, -0.25) is 0 Å². The molecule has 0 aliphatic rings. The Kier molecular flexibility index (Phi) is 3.10. The molecular formula is C14H13N2. The Bertz CT molecular complexity index is 498. The van der Waals surface area contributed by atoms with E-state index in [4.69, 9.17) is 0 Å². The van der Waals surface area contributed by atoms with Crippen LogP contribution in [0.5, 0.6) is 0 Å². The summed E-state index contributed by atoms with van der Waals surface area (Å²) in [5.74, 6) is 0.769. The van der Waals surface area contributed by atoms with Crippen molar-refractivity contribution in [3.63, 3.8) is 0 Å². The second-order valence-electron chi connectivity index (χ2n) is 3.55. The van der Waals surface area contributed by atoms with Crippen molar-refractivity contribution >= 4 is 6.08 Å². The largest absolute Gasteiger partial charge is 0.237 e. The third kappa shape index (κ3) is 2.34. The second-order valence-corrected chi connectivity index (χ2v) is 3.55. The first kappa shape index (κ1) is 10.6. The Morgan fingerprint density at radius 2 is 1.88 bits per heavy atom. The number of rotatable bonds is 2. The fraction of sp³-hybridized carbons (Fsp3) is 0.0714. The highest BCUT2D eigenvalue weighted by Crippen LogP contribution is 2.16. The summed E-state index contributed by atoms with van der Waals surface area (Å²) in [6.07, 6.45) is 5.51. The topological polar surface area (TPSA) is 25.8 Å². The van der Waals surface area contributed by atoms with Gasteiger partial charge in [0.25, 0.3) is 0 Å². The highest BCUT2D eigenvalue weighted by molar-refractivity contribution is 5.59. The predicted molar refractivity (Wildman–Crippen MR) is 66.6 cm³/mol. The molecule has 0 atom stereocenters. The lowest BCUT2D eigenvalue weighted by Gasteiger charge is -2.01. The maximum absolute atomic E-state index is 4.38. The maximum atomic E-state index is 4.38. The zero-order chi connectivity index (χ0) is 11.4. The van der Waals surface area contributed by atoms with E-state index < -0.39 is 0 Å². The van der Waals surface area contributed by atoms with Crippen molar-refractivity contribution in [2.24, 2.45) is 0 Å². The average molecular weight is 209 g/mol. The van der Waals surface area contributed by atoms with Crippen LogP contribution in [0.25, 0.3) is 17.5 Å². The summed E-state index contributed by atoms with van der Waals surface area (Å²) >= 11 is 0. The molecule has 1 aromatic heterocycles. The van der Waals surface area contributed by atoms with Crippen molar-refractivity contribution in [2.45, 2.75) is 6.92 Å². The van der Waals surface area contributed by atoms with Gasteiger partial charge in [0.1, 0.15) is 0 Å². The molecule has 0 saturated carbocycles. The minimum Gasteiger partial charge on any atom is -0.237 e. The molecule has 0 spiro atoms. The zero-order valence-electron chi connectivity index (χ0n) is 9.22. The van der Waals surface area contributed by atoms with E-state index in [2.05, 4.69) is 16.9 Å². The van der Waals surface area contributed by atoms with E-state index in [1.807, 2.05) is 43.3 Å². The predicted octanol–water partition coefficient (Wildman–Crippen LogP) is 3.30. The van der Waals surface area contributed by atoms with Crippen LogP contribution in [0.2, 0.25) is 0 Å². The first-order valence-electron chi connectivity index (χ1n) is 5.15. The Balaban J connectivity index is 2.34. The first-order valence-corrected chi connectivity index (χ1v) is 5.15. The number of aromatic nitrogens is 2. The van der Waals surface area contributed by atoms with Crippen LogP contribution < -0.4 is 0 Å². The van der Waals surface area contributed by atoms with E-state index >= 15 is 0 Å². The summed E-state index contributed by atoms with van der Waals surface area (Å²) in [5, 5.41) is 0. The Morgan fingerprint density at radius 3 is 2.50 bits per heavy atom. The van der Waals surface area contributed by atoms with Gasteiger partial charge in [0.2, 0.25) is 0 Å². The molecule has 0 fully saturated rings. The van der Waals surface area contributed by atoms with Crippen molar-refractivity contribution in [1.29, 1.82) is 0 Å². The van der Waals surface area contributed by atoms with Gasteiger partial charge in [-0.1, -0.05) is 36.4 Å². The Hall–Kier alpha value is -1.96. The SMILES string of the molecule is [CH2]/C=C/c1ccc(-c2nccc(C)n2)cc1. The monoisotopic (exact) mass is 209 g/mol. The number of hydrogen-bond acceptors (Lipinski definition) is 2. The molecule has 2 heteroatoms. The normalized spacial score (nSPS) is 10.9. The van der Waals surface area contributed by atoms with Crippen molar-refractivity contribution in [3.8, 4) is 11.4 Å². The third-order valence-corrected chi connectivity index (χ3v) is 2.27. The van der Waals surface area contributed by atoms with Crippen LogP contribution in [0.4, 0.5) is 0 Å². The number of allylic oxidation sites excluding steroid dienone is 1. The first-order chi connectivity index (χ1) is 7.79. The lowest BCUT2D eigenvalue weighted by Crippen LogP contribution is -1.90. The van der Waals surface area contributed by atoms with Crippen molar-refractivity contribution in [3.05, 3.63) is 60.8 Å². The molecule has 2 rings (SSSR count). The lowest BCUT2D eigenvalue weighted by atomic mass is 10.1. The molecule has 0 aliphatic carbocycles. The van der Waals surface area contributed by atoms with Crippen molar-refractivity contribution in [2.75, 3.05) is 0 Å². The van der Waals surface area contributed by atoms with E-state index in [0.29, 0.717) is 0 Å². The van der Waals surface area contributed by atoms with E-state index in [1.54, 1.807) is 12.3 Å². The molecule has 2 nitrogen and oxygen atoms in total. The molecule has 1 heterocycles. The molecular weight excluding hydrogens is 196 g/mol. The Morgan fingerprint density at radius 1 is 1.12 bits per heavy atom. The van der Waals surface area contributed by atoms with Crippen LogP contribution in [0, 0.1) is 13.8 Å². The molecule has 2 aromatic rings. The fourth-order valence-electron chi connectivity index (χ4n) is 1.47. The van der Waals surface area contributed by atoms with Gasteiger partial charge < -0.3 is 0 Å². The molecule has 0 bridgehead atoms. The minimum absolute atomic E-state index is 0.769. The summed E-state index contributed by atoms with van der Waals surface area (Å²) in [6.45, 7) is 5.63. The Labute approximate surface area is 95.7 Å². The molecule has 0 saturated heterocycles. The van der Waals surface area contributed by atoms with Gasteiger partial charge in [-0.05, 0) is 25.5 Å². The van der Waals surface area contributed by atoms with E-state index in [-0.39, 0.29) is 0 Å². The summed E-state index contributed by atoms with van der Waals surface area (Å²) in [4.78, 5) is 8.62. The summed E-state index contributed by atoms with van der Waals surface area (Å²) in [7, 11) is 0. The van der Waals surface area contributed by atoms with Crippen molar-refractivity contribution in [1.82, 2.24) is 9.97 Å². The van der Waals surface area contributed by atoms with Gasteiger partial charge in [0, 0.05) is 17.5 Å². The zero-order valence-corrected chi connectivity index (χ0v) is 9.22. The molecule has 1 radical (unpaired) electrons. The van der Waals surface area contributed by atoms with E-state index in [0.717, 1.165) is 22.6 Å². The molecule has 16 heavy (non-hydrogen) atoms. The number of hydrogen-bond donors (Lipinski definition) is 0. The smallest absolute Gasteiger partial charge is 0.159 e. The van der Waals surface area contributed by atoms with Gasteiger partial charge in [0.15, 0.2) is 5.82 Å². The second kappa shape index (κ2) is 4.71. The van der Waals surface area contributed by atoms with Crippen LogP contribution in [-0.4, -0.2) is 9.97 Å². The summed E-state index contributed by atoms with van der Waals surface area (Å²) < 4.78 is 0. The number of nitrogens with zero attached hydrogens (tertiary/aromatic N) is 2. The van der Waals surface area contributed by atoms with Crippen LogP contribution in [0.1, 0.15) is 11.3 Å². The third-order valence-electron chi connectivity index (χ3n) is 2.27. The van der Waals surface area contributed by atoms with Gasteiger partial charge in [-0.15, -0.1) is 0 Å². The molecule has 0 N–H and O–H groups in total. The quantitative estimate of drug-likeness (QED) is 0.758. The van der Waals surface area contributed by atoms with Crippen LogP contribution in [0.15, 0.2) is 42.6 Å². The van der Waals surface area contributed by atoms with Crippen LogP contribution in [-0.2, 0) is 0 Å². The summed E-state index contributed by atoms with van der Waals surface area (Å²) in [5.41, 5.74) is 3.14. The van der Waals surface area contributed by atoms with Gasteiger partial charge in [-0.25, -0.2) is 9.97 Å². The maximum Gasteiger partial charge on any atom is 0.159 e. The number of aryl methyl sites for hydroxylation is 1. The minimum atomic E-state index is 0.769. The molecule has 0 unspecified atom stereocenters. The average Bonchev–Trinajstić information content (AvgIpc) is 2.30. The highest BCUT2D eigenvalue weighted by Gasteiger charge is 1.99. The molecule has 0 aliphatic heterocycles. The number of benzene rings is 1. The van der Waals surface area contributed by atoms with E-state index in [9.17, 15) is 0 Å². The molecule has 79 valence electrons. The standard InChI is InChI=1S/C14H13N2/c1-3-4-12-5-7-13(8-6-12)14-15-10-9-11(2)16-14/h3-10H,1H2,2H3/b4-3+. The van der Waals surface area contributed by atoms with Gasteiger partial charge in [-0.2, -0.15) is 0 Å². The molecule has 0 amide bonds. The van der Waals surface area contributed by atoms with Crippen LogP contribution in [0.3, 0.4) is 0 Å². The highest BCUT2D eigenvalue weighted by atomic mass is 14.9. The summed E-state index contributed by atoms with van der Waals surface area (Å²) in [6, 6.07) is 9.99. The van der Waals surface area contributed by atoms with Crippen LogP contribution >= 0.6 is 0 Å². The molecule has 1 aromatic carbocycles. The van der Waals surface area contributed by atoms with Crippen molar-refractivity contribution < 1.29 is 0 Å². The lowest BCUT2D eigenvalue weighted by molar-refractivity contribution is 1.11. The van der Waals surface area contributed by atoms with Gasteiger partial charge >= 0.3 is 0 Å².